The second-order valence-corrected chi connectivity index (χ2v) is 9.62. The number of carbonyl (C=O) groups is 2. The van der Waals surface area contributed by atoms with Crippen LogP contribution in [0.4, 0.5) is 0 Å². The second-order valence-electron chi connectivity index (χ2n) is 9.62. The van der Waals surface area contributed by atoms with Crippen molar-refractivity contribution in [2.24, 2.45) is 0 Å². The van der Waals surface area contributed by atoms with E-state index in [2.05, 4.69) is 34.1 Å². The number of amides is 2. The third-order valence-electron chi connectivity index (χ3n) is 7.88. The molecule has 3 atom stereocenters. The van der Waals surface area contributed by atoms with Crippen molar-refractivity contribution in [1.82, 2.24) is 24.9 Å². The fourth-order valence-electron chi connectivity index (χ4n) is 5.92. The maximum absolute atomic E-state index is 13.0. The summed E-state index contributed by atoms with van der Waals surface area (Å²) in [6.07, 6.45) is 8.89. The molecule has 1 aliphatic carbocycles. The van der Waals surface area contributed by atoms with Gasteiger partial charge in [-0.25, -0.2) is 0 Å². The summed E-state index contributed by atoms with van der Waals surface area (Å²) < 4.78 is 0. The molecule has 3 heterocycles. The molecule has 3 unspecified atom stereocenters. The average molecular weight is 406 g/mol. The molecule has 1 N–H and O–H groups in total. The van der Waals surface area contributed by atoms with Crippen molar-refractivity contribution in [3.05, 3.63) is 0 Å². The summed E-state index contributed by atoms with van der Waals surface area (Å²) in [4.78, 5) is 34.9. The number of fused-ring (bicyclic) bond motifs is 1. The molecule has 0 spiro atoms. The Hall–Kier alpha value is -1.18. The standard InChI is InChI=1S/C22H39N5O2/c1-24-12-14-26(15-13-24)20(28)9-8-18-16-23-22(29)21-19(25(18)2)10-11-27(21)17-6-4-3-5-7-17/h17-19,21H,3-16H2,1-2H3,(H,23,29). The van der Waals surface area contributed by atoms with E-state index in [4.69, 9.17) is 0 Å². The molecule has 4 fully saturated rings. The Kier molecular flexibility index (Phi) is 6.76. The number of hydrogen-bond acceptors (Lipinski definition) is 5. The lowest BCUT2D eigenvalue weighted by Crippen LogP contribution is -2.53. The molecule has 4 rings (SSSR count). The van der Waals surface area contributed by atoms with E-state index < -0.39 is 0 Å². The Morgan fingerprint density at radius 1 is 1.00 bits per heavy atom. The van der Waals surface area contributed by atoms with E-state index in [0.29, 0.717) is 19.0 Å². The van der Waals surface area contributed by atoms with Gasteiger partial charge in [-0.15, -0.1) is 0 Å². The second kappa shape index (κ2) is 9.31. The molecule has 0 aromatic rings. The smallest absolute Gasteiger partial charge is 0.239 e. The minimum atomic E-state index is -0.0126. The van der Waals surface area contributed by atoms with E-state index in [-0.39, 0.29) is 29.9 Å². The molecule has 0 aromatic carbocycles. The predicted molar refractivity (Wildman–Crippen MR) is 114 cm³/mol. The van der Waals surface area contributed by atoms with Crippen molar-refractivity contribution in [1.29, 1.82) is 0 Å². The van der Waals surface area contributed by atoms with Crippen LogP contribution in [0.3, 0.4) is 0 Å². The van der Waals surface area contributed by atoms with Gasteiger partial charge in [-0.1, -0.05) is 19.3 Å². The van der Waals surface area contributed by atoms with Crippen LogP contribution in [-0.4, -0.2) is 109 Å². The molecule has 1 saturated carbocycles. The van der Waals surface area contributed by atoms with E-state index in [0.717, 1.165) is 45.6 Å². The topological polar surface area (TPSA) is 59.1 Å². The third kappa shape index (κ3) is 4.62. The zero-order chi connectivity index (χ0) is 20.4. The summed E-state index contributed by atoms with van der Waals surface area (Å²) >= 11 is 0. The van der Waals surface area contributed by atoms with Gasteiger partial charge in [-0.05, 0) is 39.8 Å². The number of likely N-dealkylation sites (N-methyl/N-ethyl adjacent to an activating group) is 2. The largest absolute Gasteiger partial charge is 0.353 e. The Morgan fingerprint density at radius 3 is 2.45 bits per heavy atom. The fourth-order valence-corrected chi connectivity index (χ4v) is 5.92. The molecule has 3 saturated heterocycles. The van der Waals surface area contributed by atoms with Crippen molar-refractivity contribution in [2.45, 2.75) is 75.5 Å². The van der Waals surface area contributed by atoms with Crippen molar-refractivity contribution in [3.63, 3.8) is 0 Å². The quantitative estimate of drug-likeness (QED) is 0.748. The van der Waals surface area contributed by atoms with Gasteiger partial charge in [-0.3, -0.25) is 19.4 Å². The van der Waals surface area contributed by atoms with E-state index in [1.54, 1.807) is 0 Å². The maximum Gasteiger partial charge on any atom is 0.239 e. The SMILES string of the molecule is CN1CCN(C(=O)CCC2CNC(=O)C3C(CCN3C3CCCCC3)N2C)CC1. The zero-order valence-electron chi connectivity index (χ0n) is 18.3. The number of nitrogens with one attached hydrogen (secondary N) is 1. The van der Waals surface area contributed by atoms with Gasteiger partial charge < -0.3 is 15.1 Å². The lowest BCUT2D eigenvalue weighted by molar-refractivity contribution is -0.133. The van der Waals surface area contributed by atoms with Gasteiger partial charge in [0.25, 0.3) is 0 Å². The molecule has 0 radical (unpaired) electrons. The zero-order valence-corrected chi connectivity index (χ0v) is 18.3. The van der Waals surface area contributed by atoms with Crippen molar-refractivity contribution >= 4 is 11.8 Å². The van der Waals surface area contributed by atoms with E-state index >= 15 is 0 Å². The highest BCUT2D eigenvalue weighted by molar-refractivity contribution is 5.83. The number of rotatable bonds is 4. The summed E-state index contributed by atoms with van der Waals surface area (Å²) in [6.45, 7) is 5.31. The summed E-state index contributed by atoms with van der Waals surface area (Å²) in [5, 5.41) is 3.22. The van der Waals surface area contributed by atoms with Crippen LogP contribution in [0.15, 0.2) is 0 Å². The lowest BCUT2D eigenvalue weighted by Gasteiger charge is -2.37. The van der Waals surface area contributed by atoms with E-state index in [1.165, 1.54) is 32.1 Å². The Morgan fingerprint density at radius 2 is 1.72 bits per heavy atom. The molecule has 0 bridgehead atoms. The summed E-state index contributed by atoms with van der Waals surface area (Å²) in [7, 11) is 4.28. The van der Waals surface area contributed by atoms with Crippen LogP contribution in [0.1, 0.15) is 51.4 Å². The van der Waals surface area contributed by atoms with Crippen LogP contribution < -0.4 is 5.32 Å². The molecule has 7 heteroatoms. The van der Waals surface area contributed by atoms with Crippen molar-refractivity contribution in [2.75, 3.05) is 53.4 Å². The van der Waals surface area contributed by atoms with Gasteiger partial charge >= 0.3 is 0 Å². The van der Waals surface area contributed by atoms with Crippen molar-refractivity contribution < 1.29 is 9.59 Å². The molecular formula is C22H39N5O2. The lowest BCUT2D eigenvalue weighted by atomic mass is 9.93. The highest BCUT2D eigenvalue weighted by Gasteiger charge is 2.47. The highest BCUT2D eigenvalue weighted by Crippen LogP contribution is 2.33. The minimum absolute atomic E-state index is 0.0126. The van der Waals surface area contributed by atoms with E-state index in [1.807, 2.05) is 4.90 Å². The van der Waals surface area contributed by atoms with Crippen LogP contribution in [0, 0.1) is 0 Å². The third-order valence-corrected chi connectivity index (χ3v) is 7.88. The van der Waals surface area contributed by atoms with Gasteiger partial charge in [0, 0.05) is 63.8 Å². The molecule has 29 heavy (non-hydrogen) atoms. The van der Waals surface area contributed by atoms with Gasteiger partial charge in [0.05, 0.1) is 0 Å². The van der Waals surface area contributed by atoms with Crippen LogP contribution >= 0.6 is 0 Å². The van der Waals surface area contributed by atoms with Crippen LogP contribution in [0.25, 0.3) is 0 Å². The number of likely N-dealkylation sites (tertiary alicyclic amines) is 1. The minimum Gasteiger partial charge on any atom is -0.353 e. The van der Waals surface area contributed by atoms with Gasteiger partial charge in [0.15, 0.2) is 0 Å². The summed E-state index contributed by atoms with van der Waals surface area (Å²) in [6, 6.07) is 1.09. The first-order valence-corrected chi connectivity index (χ1v) is 11.8. The molecule has 4 aliphatic rings. The Bertz CT molecular complexity index is 586. The molecule has 2 amide bonds. The fraction of sp³-hybridized carbons (Fsp3) is 0.909. The number of hydrogen-bond donors (Lipinski definition) is 1. The Labute approximate surface area is 175 Å². The first-order chi connectivity index (χ1) is 14.0. The molecule has 164 valence electrons. The first kappa shape index (κ1) is 21.1. The van der Waals surface area contributed by atoms with Crippen LogP contribution in [0.2, 0.25) is 0 Å². The number of carbonyl (C=O) groups excluding carboxylic acids is 2. The summed E-state index contributed by atoms with van der Waals surface area (Å²) in [5.74, 6) is 0.478. The van der Waals surface area contributed by atoms with Crippen LogP contribution in [0.5, 0.6) is 0 Å². The van der Waals surface area contributed by atoms with Gasteiger partial charge in [0.1, 0.15) is 6.04 Å². The first-order valence-electron chi connectivity index (χ1n) is 11.8. The molecular weight excluding hydrogens is 366 g/mol. The monoisotopic (exact) mass is 405 g/mol. The summed E-state index contributed by atoms with van der Waals surface area (Å²) in [5.41, 5.74) is 0. The van der Waals surface area contributed by atoms with E-state index in [9.17, 15) is 9.59 Å². The Balaban J connectivity index is 1.35. The van der Waals surface area contributed by atoms with Crippen molar-refractivity contribution in [3.8, 4) is 0 Å². The number of nitrogens with zero attached hydrogens (tertiary/aromatic N) is 4. The molecule has 0 aromatic heterocycles. The van der Waals surface area contributed by atoms with Crippen LogP contribution in [-0.2, 0) is 9.59 Å². The molecule has 7 nitrogen and oxygen atoms in total. The molecule has 3 aliphatic heterocycles. The number of piperazine rings is 1. The predicted octanol–water partition coefficient (Wildman–Crippen LogP) is 0.746. The average Bonchev–Trinajstić information content (AvgIpc) is 3.15. The maximum atomic E-state index is 13.0. The van der Waals surface area contributed by atoms with Gasteiger partial charge in [-0.2, -0.15) is 0 Å². The normalized spacial score (nSPS) is 33.4. The van der Waals surface area contributed by atoms with Gasteiger partial charge in [0.2, 0.25) is 11.8 Å². The highest BCUT2D eigenvalue weighted by atomic mass is 16.2.